The van der Waals surface area contributed by atoms with Crippen LogP contribution in [0.1, 0.15) is 0 Å². The molecule has 3 heterocycles. The summed E-state index contributed by atoms with van der Waals surface area (Å²) >= 11 is 6.24. The molecule has 3 aromatic heterocycles. The number of aromatic nitrogens is 2. The smallest absolute Gasteiger partial charge is 0.237 e. The highest BCUT2D eigenvalue weighted by Crippen LogP contribution is 2.34. The molecular weight excluding hydrogens is 368 g/mol. The lowest BCUT2D eigenvalue weighted by atomic mass is 10.0. The minimum absolute atomic E-state index is 0.548. The third-order valence-electron chi connectivity index (χ3n) is 5.33. The van der Waals surface area contributed by atoms with Gasteiger partial charge in [0, 0.05) is 28.7 Å². The lowest BCUT2D eigenvalue weighted by molar-refractivity contribution is -0.654. The van der Waals surface area contributed by atoms with Crippen LogP contribution in [-0.4, -0.2) is 17.4 Å². The van der Waals surface area contributed by atoms with Crippen molar-refractivity contribution in [3.8, 4) is 17.0 Å². The van der Waals surface area contributed by atoms with Crippen LogP contribution in [0.2, 0.25) is 0 Å². The van der Waals surface area contributed by atoms with Crippen molar-refractivity contribution in [2.45, 2.75) is 6.54 Å². The fourth-order valence-corrected chi connectivity index (χ4v) is 4.28. The molecule has 3 nitrogen and oxygen atoms in total. The fourth-order valence-electron chi connectivity index (χ4n) is 4.11. The van der Waals surface area contributed by atoms with E-state index in [0.717, 1.165) is 17.9 Å². The average molecular weight is 388 g/mol. The standard InChI is InChI=1S/C24H20ClN2O/c1-28-19-11-9-17(10-12-19)23-24-21(16-18-6-4-5-14-26(18)24)20-7-2-3-8-22(20)27(23)15-13-25/h2-12,14,16H,13,15H2,1H3/q+1. The second-order valence-corrected chi connectivity index (χ2v) is 7.21. The number of ether oxygens (including phenoxy) is 1. The van der Waals surface area contributed by atoms with Gasteiger partial charge in [0.1, 0.15) is 11.3 Å². The lowest BCUT2D eigenvalue weighted by Crippen LogP contribution is -2.38. The van der Waals surface area contributed by atoms with Gasteiger partial charge in [-0.2, -0.15) is 4.57 Å². The Balaban J connectivity index is 2.00. The van der Waals surface area contributed by atoms with E-state index in [9.17, 15) is 0 Å². The summed E-state index contributed by atoms with van der Waals surface area (Å²) in [5.74, 6) is 1.40. The van der Waals surface area contributed by atoms with Gasteiger partial charge in [0.15, 0.2) is 6.54 Å². The van der Waals surface area contributed by atoms with Gasteiger partial charge in [-0.1, -0.05) is 18.2 Å². The van der Waals surface area contributed by atoms with E-state index in [2.05, 4.69) is 75.8 Å². The van der Waals surface area contributed by atoms with Crippen LogP contribution in [0.4, 0.5) is 0 Å². The van der Waals surface area contributed by atoms with Crippen LogP contribution in [0.25, 0.3) is 38.6 Å². The molecule has 0 aliphatic heterocycles. The lowest BCUT2D eigenvalue weighted by Gasteiger charge is -2.11. The van der Waals surface area contributed by atoms with Crippen molar-refractivity contribution in [1.82, 2.24) is 4.40 Å². The Labute approximate surface area is 168 Å². The number of benzene rings is 2. The van der Waals surface area contributed by atoms with Crippen molar-refractivity contribution in [3.05, 3.63) is 79.0 Å². The summed E-state index contributed by atoms with van der Waals surface area (Å²) in [5, 5.41) is 2.49. The Bertz CT molecular complexity index is 1310. The number of pyridine rings is 2. The average Bonchev–Trinajstić information content (AvgIpc) is 3.14. The minimum Gasteiger partial charge on any atom is -0.497 e. The van der Waals surface area contributed by atoms with Crippen LogP contribution in [-0.2, 0) is 6.54 Å². The van der Waals surface area contributed by atoms with Crippen LogP contribution >= 0.6 is 11.6 Å². The molecule has 0 N–H and O–H groups in total. The molecular formula is C24H20ClN2O+. The third-order valence-corrected chi connectivity index (χ3v) is 5.50. The van der Waals surface area contributed by atoms with E-state index < -0.39 is 0 Å². The van der Waals surface area contributed by atoms with E-state index in [1.54, 1.807) is 7.11 Å². The molecule has 0 saturated carbocycles. The molecule has 5 rings (SSSR count). The van der Waals surface area contributed by atoms with Crippen LogP contribution < -0.4 is 9.30 Å². The molecule has 28 heavy (non-hydrogen) atoms. The van der Waals surface area contributed by atoms with E-state index in [0.29, 0.717) is 5.88 Å². The summed E-state index contributed by atoms with van der Waals surface area (Å²) in [7, 11) is 1.69. The van der Waals surface area contributed by atoms with Crippen molar-refractivity contribution >= 4 is 38.9 Å². The van der Waals surface area contributed by atoms with E-state index in [1.165, 1.54) is 33.0 Å². The number of fused-ring (bicyclic) bond motifs is 5. The first-order chi connectivity index (χ1) is 13.8. The molecule has 0 fully saturated rings. The zero-order valence-corrected chi connectivity index (χ0v) is 16.4. The topological polar surface area (TPSA) is 17.5 Å². The van der Waals surface area contributed by atoms with E-state index in [4.69, 9.17) is 16.3 Å². The van der Waals surface area contributed by atoms with Gasteiger partial charge >= 0.3 is 0 Å². The van der Waals surface area contributed by atoms with Gasteiger partial charge < -0.3 is 9.14 Å². The number of alkyl halides is 1. The van der Waals surface area contributed by atoms with Crippen molar-refractivity contribution in [3.63, 3.8) is 0 Å². The highest BCUT2D eigenvalue weighted by atomic mass is 35.5. The molecule has 0 aliphatic carbocycles. The number of aryl methyl sites for hydroxylation is 1. The maximum Gasteiger partial charge on any atom is 0.237 e. The van der Waals surface area contributed by atoms with Crippen molar-refractivity contribution < 1.29 is 9.30 Å². The van der Waals surface area contributed by atoms with E-state index in [1.807, 2.05) is 12.1 Å². The summed E-state index contributed by atoms with van der Waals surface area (Å²) < 4.78 is 9.97. The normalized spacial score (nSPS) is 11.5. The Kier molecular flexibility index (Phi) is 4.18. The predicted octanol–water partition coefficient (Wildman–Crippen LogP) is 5.45. The monoisotopic (exact) mass is 387 g/mol. The van der Waals surface area contributed by atoms with E-state index >= 15 is 0 Å². The zero-order valence-electron chi connectivity index (χ0n) is 15.6. The number of rotatable bonds is 4. The van der Waals surface area contributed by atoms with Gasteiger partial charge in [-0.15, -0.1) is 11.6 Å². The van der Waals surface area contributed by atoms with Crippen molar-refractivity contribution in [2.24, 2.45) is 0 Å². The molecule has 0 unspecified atom stereocenters. The second kappa shape index (κ2) is 6.84. The molecule has 0 amide bonds. The first-order valence-electron chi connectivity index (χ1n) is 9.36. The molecule has 0 saturated heterocycles. The second-order valence-electron chi connectivity index (χ2n) is 6.84. The first kappa shape index (κ1) is 17.1. The van der Waals surface area contributed by atoms with Crippen LogP contribution in [0.3, 0.4) is 0 Å². The van der Waals surface area contributed by atoms with Gasteiger partial charge in [-0.25, -0.2) is 0 Å². The number of para-hydroxylation sites is 1. The molecule has 0 radical (unpaired) electrons. The highest BCUT2D eigenvalue weighted by molar-refractivity contribution is 6.17. The SMILES string of the molecule is COc1ccc(-c2c3c(cc4ccccn43)c3ccccc3[n+]2CCCl)cc1. The highest BCUT2D eigenvalue weighted by Gasteiger charge is 2.25. The quantitative estimate of drug-likeness (QED) is 0.296. The Morgan fingerprint density at radius 3 is 2.50 bits per heavy atom. The molecule has 0 atom stereocenters. The number of methoxy groups -OCH3 is 1. The summed E-state index contributed by atoms with van der Waals surface area (Å²) in [4.78, 5) is 0. The van der Waals surface area contributed by atoms with Gasteiger partial charge in [0.05, 0.1) is 18.4 Å². The summed E-state index contributed by atoms with van der Waals surface area (Å²) in [6, 6.07) is 25.4. The number of nitrogens with zero attached hydrogens (tertiary/aromatic N) is 2. The third kappa shape index (κ3) is 2.54. The van der Waals surface area contributed by atoms with Gasteiger partial charge in [-0.3, -0.25) is 0 Å². The van der Waals surface area contributed by atoms with Crippen molar-refractivity contribution in [2.75, 3.05) is 13.0 Å². The first-order valence-corrected chi connectivity index (χ1v) is 9.90. The molecule has 138 valence electrons. The Morgan fingerprint density at radius 2 is 1.71 bits per heavy atom. The molecule has 0 aliphatic rings. The maximum atomic E-state index is 6.24. The summed E-state index contributed by atoms with van der Waals surface area (Å²) in [5.41, 5.74) is 5.89. The molecule has 0 bridgehead atoms. The van der Waals surface area contributed by atoms with Crippen molar-refractivity contribution in [1.29, 1.82) is 0 Å². The largest absolute Gasteiger partial charge is 0.497 e. The molecule has 4 heteroatoms. The van der Waals surface area contributed by atoms with Crippen LogP contribution in [0, 0.1) is 0 Å². The number of hydrogen-bond acceptors (Lipinski definition) is 1. The molecule has 5 aromatic rings. The van der Waals surface area contributed by atoms with Crippen LogP contribution in [0.5, 0.6) is 5.75 Å². The Morgan fingerprint density at radius 1 is 0.929 bits per heavy atom. The molecule has 2 aromatic carbocycles. The maximum absolute atomic E-state index is 6.24. The van der Waals surface area contributed by atoms with Gasteiger partial charge in [-0.05, 0) is 48.5 Å². The predicted molar refractivity (Wildman–Crippen MR) is 115 cm³/mol. The summed E-state index contributed by atoms with van der Waals surface area (Å²) in [6.07, 6.45) is 2.13. The minimum atomic E-state index is 0.548. The number of halogens is 1. The molecule has 0 spiro atoms. The zero-order chi connectivity index (χ0) is 19.1. The number of hydrogen-bond donors (Lipinski definition) is 0. The summed E-state index contributed by atoms with van der Waals surface area (Å²) in [6.45, 7) is 0.736. The van der Waals surface area contributed by atoms with E-state index in [-0.39, 0.29) is 0 Å². The van der Waals surface area contributed by atoms with Gasteiger partial charge in [0.25, 0.3) is 0 Å². The van der Waals surface area contributed by atoms with Gasteiger partial charge in [0.2, 0.25) is 11.2 Å². The Hall–Kier alpha value is -3.04. The fraction of sp³-hybridized carbons (Fsp3) is 0.125. The van der Waals surface area contributed by atoms with Crippen LogP contribution in [0.15, 0.2) is 79.0 Å².